The maximum Gasteiger partial charge on any atom is 0.220 e. The molecule has 0 radical (unpaired) electrons. The summed E-state index contributed by atoms with van der Waals surface area (Å²) in [7, 11) is 4.31. The van der Waals surface area contributed by atoms with E-state index in [-0.39, 0.29) is 11.8 Å². The fraction of sp³-hybridized carbons (Fsp3) is 0.913. The van der Waals surface area contributed by atoms with E-state index in [1.54, 1.807) is 0 Å². The third-order valence-corrected chi connectivity index (χ3v) is 6.37. The number of nitrogens with zero attached hydrogens (tertiary/aromatic N) is 1. The van der Waals surface area contributed by atoms with E-state index in [4.69, 9.17) is 0 Å². The Labute approximate surface area is 167 Å². The fourth-order valence-corrected chi connectivity index (χ4v) is 4.45. The average Bonchev–Trinajstić information content (AvgIpc) is 2.65. The van der Waals surface area contributed by atoms with Crippen molar-refractivity contribution in [1.29, 1.82) is 0 Å². The highest BCUT2D eigenvalue weighted by Gasteiger charge is 2.27. The number of ketones is 1. The second-order valence-electron chi connectivity index (χ2n) is 8.95. The topological polar surface area (TPSA) is 49.4 Å². The summed E-state index contributed by atoms with van der Waals surface area (Å²) in [6, 6.07) is 1.03. The zero-order valence-corrected chi connectivity index (χ0v) is 18.7. The molecule has 0 bridgehead atoms. The minimum absolute atomic E-state index is 0.153. The zero-order chi connectivity index (χ0) is 20.4. The van der Waals surface area contributed by atoms with Crippen LogP contribution in [0, 0.1) is 17.8 Å². The molecule has 27 heavy (non-hydrogen) atoms. The van der Waals surface area contributed by atoms with Crippen molar-refractivity contribution in [1.82, 2.24) is 10.2 Å². The molecule has 0 unspecified atom stereocenters. The maximum atomic E-state index is 12.4. The molecule has 0 heterocycles. The highest BCUT2D eigenvalue weighted by Crippen LogP contribution is 2.30. The Morgan fingerprint density at radius 2 is 1.33 bits per heavy atom. The molecule has 0 aromatic carbocycles. The van der Waals surface area contributed by atoms with Crippen LogP contribution in [0.15, 0.2) is 0 Å². The summed E-state index contributed by atoms with van der Waals surface area (Å²) in [4.78, 5) is 26.6. The van der Waals surface area contributed by atoms with Crippen LogP contribution in [0.4, 0.5) is 0 Å². The quantitative estimate of drug-likeness (QED) is 0.689. The number of hydrogen-bond donors (Lipinski definition) is 1. The van der Waals surface area contributed by atoms with Crippen LogP contribution < -0.4 is 5.32 Å². The van der Waals surface area contributed by atoms with E-state index in [0.717, 1.165) is 32.1 Å². The van der Waals surface area contributed by atoms with E-state index >= 15 is 0 Å². The molecule has 0 spiro atoms. The summed E-state index contributed by atoms with van der Waals surface area (Å²) in [5.74, 6) is 1.89. The van der Waals surface area contributed by atoms with Crippen molar-refractivity contribution in [3.05, 3.63) is 0 Å². The van der Waals surface area contributed by atoms with Gasteiger partial charge >= 0.3 is 0 Å². The molecule has 2 aliphatic rings. The van der Waals surface area contributed by atoms with Gasteiger partial charge < -0.3 is 10.2 Å². The molecule has 0 atom stereocenters. The Morgan fingerprint density at radius 1 is 0.852 bits per heavy atom. The van der Waals surface area contributed by atoms with Crippen LogP contribution in [0.2, 0.25) is 0 Å². The number of carbonyl (C=O) groups is 2. The van der Waals surface area contributed by atoms with Crippen LogP contribution in [0.25, 0.3) is 0 Å². The first-order chi connectivity index (χ1) is 12.8. The summed E-state index contributed by atoms with van der Waals surface area (Å²) >= 11 is 0. The SMILES string of the molecule is CC.CC(C)C(=O)CC1CCC(NC(=O)CC2CCC(N(C)C)CC2)CC1. The van der Waals surface area contributed by atoms with Gasteiger partial charge in [-0.3, -0.25) is 9.59 Å². The number of rotatable bonds is 7. The number of hydrogen-bond acceptors (Lipinski definition) is 3. The maximum absolute atomic E-state index is 12.4. The molecule has 0 aliphatic heterocycles. The van der Waals surface area contributed by atoms with Gasteiger partial charge in [-0.05, 0) is 77.3 Å². The lowest BCUT2D eigenvalue weighted by atomic mass is 9.81. The van der Waals surface area contributed by atoms with Gasteiger partial charge in [-0.1, -0.05) is 27.7 Å². The van der Waals surface area contributed by atoms with E-state index in [1.807, 2.05) is 27.7 Å². The van der Waals surface area contributed by atoms with E-state index in [2.05, 4.69) is 24.3 Å². The minimum Gasteiger partial charge on any atom is -0.353 e. The normalized spacial score (nSPS) is 28.4. The highest BCUT2D eigenvalue weighted by atomic mass is 16.1. The zero-order valence-electron chi connectivity index (χ0n) is 18.7. The molecule has 0 aromatic rings. The second-order valence-corrected chi connectivity index (χ2v) is 8.95. The van der Waals surface area contributed by atoms with Gasteiger partial charge in [-0.15, -0.1) is 0 Å². The monoisotopic (exact) mass is 380 g/mol. The van der Waals surface area contributed by atoms with Crippen molar-refractivity contribution in [2.75, 3.05) is 14.1 Å². The van der Waals surface area contributed by atoms with Crippen LogP contribution in [-0.2, 0) is 9.59 Å². The van der Waals surface area contributed by atoms with Gasteiger partial charge in [-0.25, -0.2) is 0 Å². The average molecular weight is 381 g/mol. The van der Waals surface area contributed by atoms with Crippen molar-refractivity contribution < 1.29 is 9.59 Å². The van der Waals surface area contributed by atoms with Gasteiger partial charge in [-0.2, -0.15) is 0 Å². The first-order valence-electron chi connectivity index (χ1n) is 11.3. The van der Waals surface area contributed by atoms with Gasteiger partial charge in [0.05, 0.1) is 0 Å². The number of amides is 1. The summed E-state index contributed by atoms with van der Waals surface area (Å²) < 4.78 is 0. The van der Waals surface area contributed by atoms with E-state index in [0.29, 0.717) is 36.1 Å². The van der Waals surface area contributed by atoms with Crippen molar-refractivity contribution in [2.45, 2.75) is 104 Å². The lowest BCUT2D eigenvalue weighted by Gasteiger charge is -2.33. The van der Waals surface area contributed by atoms with Crippen molar-refractivity contribution in [2.24, 2.45) is 17.8 Å². The van der Waals surface area contributed by atoms with Crippen molar-refractivity contribution in [3.63, 3.8) is 0 Å². The Morgan fingerprint density at radius 3 is 1.81 bits per heavy atom. The standard InChI is InChI=1S/C21H38N2O2.C2H6/c1-15(2)20(24)13-16-5-9-18(10-6-16)22-21(25)14-17-7-11-19(12-8-17)23(3)4;1-2/h15-19H,5-14H2,1-4H3,(H,22,25);1-2H3. The molecule has 2 saturated carbocycles. The lowest BCUT2D eigenvalue weighted by molar-refractivity contribution is -0.124. The first kappa shape index (κ1) is 24.1. The third kappa shape index (κ3) is 8.76. The van der Waals surface area contributed by atoms with Crippen LogP contribution >= 0.6 is 0 Å². The van der Waals surface area contributed by atoms with Crippen LogP contribution in [0.3, 0.4) is 0 Å². The van der Waals surface area contributed by atoms with E-state index in [9.17, 15) is 9.59 Å². The number of nitrogens with one attached hydrogen (secondary N) is 1. The second kappa shape index (κ2) is 12.5. The molecular formula is C23H44N2O2. The Bertz CT molecular complexity index is 432. The number of Topliss-reactive ketones (excluding diaryl/α,β-unsaturated/α-hetero) is 1. The summed E-state index contributed by atoms with van der Waals surface area (Å²) in [5.41, 5.74) is 0. The first-order valence-corrected chi connectivity index (χ1v) is 11.3. The molecule has 2 aliphatic carbocycles. The molecule has 2 fully saturated rings. The summed E-state index contributed by atoms with van der Waals surface area (Å²) in [5, 5.41) is 3.26. The van der Waals surface area contributed by atoms with Gasteiger partial charge in [0.25, 0.3) is 0 Å². The molecule has 0 saturated heterocycles. The van der Waals surface area contributed by atoms with Crippen LogP contribution in [-0.4, -0.2) is 42.8 Å². The Balaban J connectivity index is 0.00000176. The van der Waals surface area contributed by atoms with E-state index in [1.165, 1.54) is 25.7 Å². The van der Waals surface area contributed by atoms with Crippen molar-refractivity contribution in [3.8, 4) is 0 Å². The molecule has 1 amide bonds. The fourth-order valence-electron chi connectivity index (χ4n) is 4.45. The van der Waals surface area contributed by atoms with Crippen LogP contribution in [0.5, 0.6) is 0 Å². The molecule has 4 nitrogen and oxygen atoms in total. The number of carbonyl (C=O) groups excluding carboxylic acids is 2. The van der Waals surface area contributed by atoms with Crippen molar-refractivity contribution >= 4 is 11.7 Å². The smallest absolute Gasteiger partial charge is 0.220 e. The molecule has 1 N–H and O–H groups in total. The Kier molecular flexibility index (Phi) is 11.2. The van der Waals surface area contributed by atoms with E-state index < -0.39 is 0 Å². The van der Waals surface area contributed by atoms with Crippen LogP contribution in [0.1, 0.15) is 91.9 Å². The molecule has 0 aromatic heterocycles. The summed E-state index contributed by atoms with van der Waals surface area (Å²) in [6.45, 7) is 7.97. The highest BCUT2D eigenvalue weighted by molar-refractivity contribution is 5.80. The third-order valence-electron chi connectivity index (χ3n) is 6.37. The summed E-state index contributed by atoms with van der Waals surface area (Å²) in [6.07, 6.45) is 10.5. The molecular weight excluding hydrogens is 336 g/mol. The van der Waals surface area contributed by atoms with Gasteiger partial charge in [0.1, 0.15) is 5.78 Å². The van der Waals surface area contributed by atoms with Gasteiger partial charge in [0, 0.05) is 30.8 Å². The lowest BCUT2D eigenvalue weighted by Crippen LogP contribution is -2.39. The predicted molar refractivity (Wildman–Crippen MR) is 114 cm³/mol. The minimum atomic E-state index is 0.153. The molecule has 158 valence electrons. The molecule has 2 rings (SSSR count). The van der Waals surface area contributed by atoms with Gasteiger partial charge in [0.2, 0.25) is 5.91 Å². The van der Waals surface area contributed by atoms with Gasteiger partial charge in [0.15, 0.2) is 0 Å². The Hall–Kier alpha value is -0.900. The predicted octanol–water partition coefficient (Wildman–Crippen LogP) is 4.81. The largest absolute Gasteiger partial charge is 0.353 e. The molecule has 4 heteroatoms.